The van der Waals surface area contributed by atoms with E-state index in [1.807, 2.05) is 6.07 Å². The van der Waals surface area contributed by atoms with Gasteiger partial charge in [0.05, 0.1) is 20.3 Å². The van der Waals surface area contributed by atoms with Crippen molar-refractivity contribution in [2.24, 2.45) is 7.05 Å². The molecule has 0 saturated heterocycles. The van der Waals surface area contributed by atoms with Crippen LogP contribution in [-0.4, -0.2) is 24.9 Å². The summed E-state index contributed by atoms with van der Waals surface area (Å²) < 4.78 is 13.5. The van der Waals surface area contributed by atoms with Crippen molar-refractivity contribution >= 4 is 16.5 Å². The number of fused-ring (bicyclic) bond motifs is 3. The molecule has 1 aliphatic heterocycles. The number of ether oxygens (including phenoxy) is 2. The molecule has 122 valence electrons. The van der Waals surface area contributed by atoms with Crippen molar-refractivity contribution in [1.29, 1.82) is 0 Å². The highest BCUT2D eigenvalue weighted by molar-refractivity contribution is 5.99. The van der Waals surface area contributed by atoms with Crippen LogP contribution in [0, 0.1) is 0 Å². The van der Waals surface area contributed by atoms with Crippen LogP contribution in [0.3, 0.4) is 0 Å². The van der Waals surface area contributed by atoms with Crippen molar-refractivity contribution in [3.8, 4) is 5.75 Å². The molecular formula is C21H21NO2. The highest BCUT2D eigenvalue weighted by Crippen LogP contribution is 2.37. The van der Waals surface area contributed by atoms with E-state index in [0.717, 1.165) is 18.8 Å². The van der Waals surface area contributed by atoms with Crippen molar-refractivity contribution < 1.29 is 9.47 Å². The van der Waals surface area contributed by atoms with E-state index in [-0.39, 0.29) is 0 Å². The summed E-state index contributed by atoms with van der Waals surface area (Å²) >= 11 is 0. The first-order valence-corrected chi connectivity index (χ1v) is 8.28. The summed E-state index contributed by atoms with van der Waals surface area (Å²) in [5.74, 6) is 0.890. The number of benzene rings is 2. The van der Waals surface area contributed by atoms with Gasteiger partial charge in [-0.25, -0.2) is 0 Å². The molecule has 0 fully saturated rings. The molecule has 0 N–H and O–H groups in total. The average Bonchev–Trinajstić information content (AvgIpc) is 2.87. The molecule has 0 aliphatic carbocycles. The minimum absolute atomic E-state index is 0.643. The first-order chi connectivity index (χ1) is 11.8. The van der Waals surface area contributed by atoms with Gasteiger partial charge in [-0.15, -0.1) is 0 Å². The summed E-state index contributed by atoms with van der Waals surface area (Å²) in [5.41, 5.74) is 6.31. The molecular weight excluding hydrogens is 298 g/mol. The Balaban J connectivity index is 2.04. The lowest BCUT2D eigenvalue weighted by Gasteiger charge is -2.15. The fourth-order valence-electron chi connectivity index (χ4n) is 3.57. The molecule has 24 heavy (non-hydrogen) atoms. The molecule has 3 nitrogen and oxygen atoms in total. The predicted molar refractivity (Wildman–Crippen MR) is 97.5 cm³/mol. The number of methoxy groups -OCH3 is 1. The van der Waals surface area contributed by atoms with Crippen LogP contribution in [-0.2, 0) is 18.2 Å². The van der Waals surface area contributed by atoms with Gasteiger partial charge in [-0.2, -0.15) is 0 Å². The monoisotopic (exact) mass is 319 g/mol. The standard InChI is InChI=1S/C21H21NO2/c1-22-19-9-8-16(23-2)14-18(19)21-17(15-6-4-3-5-7-15)10-12-24-13-11-20(21)22/h3-10,14H,11-13H2,1-2H3/b17-10-. The van der Waals surface area contributed by atoms with Gasteiger partial charge in [-0.05, 0) is 29.3 Å². The lowest BCUT2D eigenvalue weighted by Crippen LogP contribution is -2.09. The van der Waals surface area contributed by atoms with Gasteiger partial charge in [0.25, 0.3) is 0 Å². The van der Waals surface area contributed by atoms with Crippen LogP contribution in [0.5, 0.6) is 5.75 Å². The Morgan fingerprint density at radius 2 is 1.92 bits per heavy atom. The zero-order valence-corrected chi connectivity index (χ0v) is 14.1. The number of rotatable bonds is 2. The number of hydrogen-bond donors (Lipinski definition) is 0. The second-order valence-electron chi connectivity index (χ2n) is 6.07. The molecule has 2 heterocycles. The SMILES string of the molecule is COc1ccc2c(c1)c1c(n2C)CCOC/C=C\1c1ccccc1. The molecule has 0 spiro atoms. The maximum atomic E-state index is 5.76. The van der Waals surface area contributed by atoms with Gasteiger partial charge in [0.1, 0.15) is 5.75 Å². The van der Waals surface area contributed by atoms with Crippen LogP contribution in [0.2, 0.25) is 0 Å². The van der Waals surface area contributed by atoms with E-state index in [1.165, 1.54) is 33.3 Å². The summed E-state index contributed by atoms with van der Waals surface area (Å²) in [4.78, 5) is 0. The lowest BCUT2D eigenvalue weighted by atomic mass is 9.93. The fraction of sp³-hybridized carbons (Fsp3) is 0.238. The Labute approximate surface area is 142 Å². The Hall–Kier alpha value is -2.52. The van der Waals surface area contributed by atoms with Gasteiger partial charge in [-0.3, -0.25) is 0 Å². The highest BCUT2D eigenvalue weighted by atomic mass is 16.5. The third-order valence-corrected chi connectivity index (χ3v) is 4.77. The predicted octanol–water partition coefficient (Wildman–Crippen LogP) is 4.19. The van der Waals surface area contributed by atoms with Gasteiger partial charge in [0, 0.05) is 35.6 Å². The molecule has 3 heteroatoms. The molecule has 0 unspecified atom stereocenters. The molecule has 1 aliphatic rings. The number of aromatic nitrogens is 1. The first-order valence-electron chi connectivity index (χ1n) is 8.28. The van der Waals surface area contributed by atoms with Gasteiger partial charge in [-0.1, -0.05) is 36.4 Å². The molecule has 2 aromatic carbocycles. The summed E-state index contributed by atoms with van der Waals surface area (Å²) in [6.07, 6.45) is 3.11. The molecule has 1 aromatic heterocycles. The molecule has 0 radical (unpaired) electrons. The highest BCUT2D eigenvalue weighted by Gasteiger charge is 2.21. The van der Waals surface area contributed by atoms with E-state index in [0.29, 0.717) is 6.61 Å². The van der Waals surface area contributed by atoms with Crippen LogP contribution >= 0.6 is 0 Å². The van der Waals surface area contributed by atoms with E-state index in [4.69, 9.17) is 9.47 Å². The Morgan fingerprint density at radius 3 is 2.71 bits per heavy atom. The summed E-state index contributed by atoms with van der Waals surface area (Å²) in [7, 11) is 3.85. The lowest BCUT2D eigenvalue weighted by molar-refractivity contribution is 0.164. The Morgan fingerprint density at radius 1 is 1.08 bits per heavy atom. The fourth-order valence-corrected chi connectivity index (χ4v) is 3.57. The zero-order chi connectivity index (χ0) is 16.5. The van der Waals surface area contributed by atoms with Gasteiger partial charge in [0.15, 0.2) is 0 Å². The van der Waals surface area contributed by atoms with E-state index < -0.39 is 0 Å². The molecule has 3 aromatic rings. The van der Waals surface area contributed by atoms with Gasteiger partial charge in [0.2, 0.25) is 0 Å². The first kappa shape index (κ1) is 15.0. The summed E-state index contributed by atoms with van der Waals surface area (Å²) in [6, 6.07) is 16.9. The zero-order valence-electron chi connectivity index (χ0n) is 14.1. The van der Waals surface area contributed by atoms with Crippen molar-refractivity contribution in [2.75, 3.05) is 20.3 Å². The third kappa shape index (κ3) is 2.42. The molecule has 0 bridgehead atoms. The Bertz CT molecular complexity index is 906. The summed E-state index contributed by atoms with van der Waals surface area (Å²) in [6.45, 7) is 1.39. The van der Waals surface area contributed by atoms with Crippen LogP contribution in [0.4, 0.5) is 0 Å². The van der Waals surface area contributed by atoms with E-state index >= 15 is 0 Å². The van der Waals surface area contributed by atoms with Crippen molar-refractivity contribution in [3.63, 3.8) is 0 Å². The maximum absolute atomic E-state index is 5.76. The topological polar surface area (TPSA) is 23.4 Å². The Kier molecular flexibility index (Phi) is 3.87. The van der Waals surface area contributed by atoms with Gasteiger partial charge < -0.3 is 14.0 Å². The second kappa shape index (κ2) is 6.17. The average molecular weight is 319 g/mol. The van der Waals surface area contributed by atoms with Crippen LogP contribution in [0.25, 0.3) is 16.5 Å². The summed E-state index contributed by atoms with van der Waals surface area (Å²) in [5, 5.41) is 1.24. The molecule has 0 saturated carbocycles. The minimum Gasteiger partial charge on any atom is -0.497 e. The van der Waals surface area contributed by atoms with Crippen molar-refractivity contribution in [3.05, 3.63) is 71.4 Å². The minimum atomic E-state index is 0.643. The third-order valence-electron chi connectivity index (χ3n) is 4.77. The van der Waals surface area contributed by atoms with Crippen LogP contribution in [0.1, 0.15) is 16.8 Å². The largest absolute Gasteiger partial charge is 0.497 e. The van der Waals surface area contributed by atoms with Crippen LogP contribution < -0.4 is 4.74 Å². The quantitative estimate of drug-likeness (QED) is 0.707. The van der Waals surface area contributed by atoms with E-state index in [1.54, 1.807) is 7.11 Å². The van der Waals surface area contributed by atoms with E-state index in [9.17, 15) is 0 Å². The van der Waals surface area contributed by atoms with E-state index in [2.05, 4.69) is 60.2 Å². The number of hydrogen-bond acceptors (Lipinski definition) is 2. The number of nitrogens with zero attached hydrogens (tertiary/aromatic N) is 1. The molecule has 0 atom stereocenters. The smallest absolute Gasteiger partial charge is 0.119 e. The maximum Gasteiger partial charge on any atom is 0.119 e. The molecule has 4 rings (SSSR count). The second-order valence-corrected chi connectivity index (χ2v) is 6.07. The van der Waals surface area contributed by atoms with Gasteiger partial charge >= 0.3 is 0 Å². The van der Waals surface area contributed by atoms with Crippen molar-refractivity contribution in [2.45, 2.75) is 6.42 Å². The molecule has 0 amide bonds. The van der Waals surface area contributed by atoms with Crippen LogP contribution in [0.15, 0.2) is 54.6 Å². The number of aryl methyl sites for hydroxylation is 1. The normalized spacial score (nSPS) is 16.8. The van der Waals surface area contributed by atoms with Crippen molar-refractivity contribution in [1.82, 2.24) is 4.57 Å².